The molecule has 1 aromatic heterocycles. The summed E-state index contributed by atoms with van der Waals surface area (Å²) in [7, 11) is -4.67. The molecular weight excluding hydrogens is 280 g/mol. The fraction of sp³-hybridized carbons (Fsp3) is 0.444. The van der Waals surface area contributed by atoms with Crippen molar-refractivity contribution in [3.63, 3.8) is 0 Å². The van der Waals surface area contributed by atoms with Crippen LogP contribution in [0.15, 0.2) is 16.3 Å². The van der Waals surface area contributed by atoms with Crippen molar-refractivity contribution in [2.75, 3.05) is 12.0 Å². The molecule has 1 heterocycles. The van der Waals surface area contributed by atoms with E-state index in [1.54, 1.807) is 6.92 Å². The van der Waals surface area contributed by atoms with Crippen molar-refractivity contribution < 1.29 is 12.6 Å². The summed E-state index contributed by atoms with van der Waals surface area (Å²) in [5.41, 5.74) is 0. The van der Waals surface area contributed by atoms with E-state index in [-0.39, 0.29) is 9.96 Å². The summed E-state index contributed by atoms with van der Waals surface area (Å²) in [5.74, 6) is 0.260. The van der Waals surface area contributed by atoms with E-state index in [2.05, 4.69) is 4.72 Å². The summed E-state index contributed by atoms with van der Waals surface area (Å²) in [6.07, 6.45) is 1.52. The first-order chi connectivity index (χ1) is 7.85. The van der Waals surface area contributed by atoms with Gasteiger partial charge in [0.1, 0.15) is 15.2 Å². The molecule has 1 aromatic rings. The normalized spacial score (nSPS) is 15.1. The first-order valence-corrected chi connectivity index (χ1v) is 8.70. The molecule has 2 unspecified atom stereocenters. The van der Waals surface area contributed by atoms with Gasteiger partial charge in [-0.2, -0.15) is 5.26 Å². The third kappa shape index (κ3) is 4.20. The lowest BCUT2D eigenvalue weighted by atomic mass is 10.4. The maximum Gasteiger partial charge on any atom is 0.250 e. The molecule has 94 valence electrons. The summed E-state index contributed by atoms with van der Waals surface area (Å²) in [6.45, 7) is 1.65. The Hall–Kier alpha value is -0.750. The van der Waals surface area contributed by atoms with Crippen LogP contribution in [0.4, 0.5) is 0 Å². The van der Waals surface area contributed by atoms with Crippen molar-refractivity contribution in [2.45, 2.75) is 17.2 Å². The monoisotopic (exact) mass is 292 g/mol. The maximum absolute atomic E-state index is 11.8. The van der Waals surface area contributed by atoms with E-state index in [1.165, 1.54) is 18.4 Å². The third-order valence-corrected chi connectivity index (χ3v) is 5.84. The second kappa shape index (κ2) is 5.73. The van der Waals surface area contributed by atoms with Gasteiger partial charge in [0, 0.05) is 28.9 Å². The van der Waals surface area contributed by atoms with Crippen molar-refractivity contribution >= 4 is 32.2 Å². The summed E-state index contributed by atoms with van der Waals surface area (Å²) in [6, 6.07) is 4.33. The van der Waals surface area contributed by atoms with Crippen LogP contribution in [0, 0.1) is 11.3 Å². The average molecular weight is 292 g/mol. The van der Waals surface area contributed by atoms with Crippen LogP contribution in [0.1, 0.15) is 11.8 Å². The third-order valence-electron chi connectivity index (χ3n) is 1.80. The lowest BCUT2D eigenvalue weighted by molar-refractivity contribution is 0.572. The first-order valence-electron chi connectivity index (χ1n) is 4.67. The van der Waals surface area contributed by atoms with Gasteiger partial charge in [0.15, 0.2) is 0 Å². The van der Waals surface area contributed by atoms with Gasteiger partial charge in [-0.15, -0.1) is 11.3 Å². The van der Waals surface area contributed by atoms with E-state index in [9.17, 15) is 12.6 Å². The molecule has 5 nitrogen and oxygen atoms in total. The summed E-state index contributed by atoms with van der Waals surface area (Å²) in [4.78, 5) is 0.345. The molecule has 0 fully saturated rings. The lowest BCUT2D eigenvalue weighted by Crippen LogP contribution is -2.35. The van der Waals surface area contributed by atoms with Crippen LogP contribution in [0.3, 0.4) is 0 Å². The summed E-state index contributed by atoms with van der Waals surface area (Å²) in [5, 5.41) is 8.62. The highest BCUT2D eigenvalue weighted by atomic mass is 32.2. The van der Waals surface area contributed by atoms with Crippen molar-refractivity contribution in [1.82, 2.24) is 4.72 Å². The van der Waals surface area contributed by atoms with E-state index in [0.29, 0.717) is 4.88 Å². The zero-order valence-electron chi connectivity index (χ0n) is 9.34. The smallest absolute Gasteiger partial charge is 0.250 e. The SMILES string of the molecule is CC(CS(C)=O)NS(=O)(=O)c1ccc(C#N)s1. The van der Waals surface area contributed by atoms with Crippen LogP contribution in [0.5, 0.6) is 0 Å². The topological polar surface area (TPSA) is 87.0 Å². The van der Waals surface area contributed by atoms with Crippen molar-refractivity contribution in [3.8, 4) is 6.07 Å². The van der Waals surface area contributed by atoms with Crippen molar-refractivity contribution in [3.05, 3.63) is 17.0 Å². The summed E-state index contributed by atoms with van der Waals surface area (Å²) >= 11 is 0.913. The van der Waals surface area contributed by atoms with Crippen LogP contribution in [0.2, 0.25) is 0 Å². The Morgan fingerprint density at radius 2 is 2.24 bits per heavy atom. The number of rotatable bonds is 5. The van der Waals surface area contributed by atoms with Crippen molar-refractivity contribution in [2.24, 2.45) is 0 Å². The molecule has 0 saturated carbocycles. The van der Waals surface area contributed by atoms with Crippen LogP contribution in [0.25, 0.3) is 0 Å². The second-order valence-corrected chi connectivity index (χ2v) is 8.00. The van der Waals surface area contributed by atoms with E-state index < -0.39 is 26.9 Å². The molecular formula is C9H12N2O3S3. The highest BCUT2D eigenvalue weighted by Crippen LogP contribution is 2.20. The molecule has 0 aromatic carbocycles. The summed E-state index contributed by atoms with van der Waals surface area (Å²) < 4.78 is 37.2. The van der Waals surface area contributed by atoms with Crippen LogP contribution >= 0.6 is 11.3 Å². The maximum atomic E-state index is 11.8. The van der Waals surface area contributed by atoms with Gasteiger partial charge in [0.25, 0.3) is 0 Å². The number of sulfonamides is 1. The van der Waals surface area contributed by atoms with Gasteiger partial charge in [-0.25, -0.2) is 13.1 Å². The number of thiophene rings is 1. The number of nitrogens with zero attached hydrogens (tertiary/aromatic N) is 1. The fourth-order valence-electron chi connectivity index (χ4n) is 1.23. The zero-order valence-corrected chi connectivity index (χ0v) is 11.8. The van der Waals surface area contributed by atoms with Gasteiger partial charge in [0.05, 0.1) is 0 Å². The molecule has 0 amide bonds. The van der Waals surface area contributed by atoms with E-state index in [4.69, 9.17) is 5.26 Å². The molecule has 17 heavy (non-hydrogen) atoms. The van der Waals surface area contributed by atoms with Gasteiger partial charge in [0.2, 0.25) is 10.0 Å². The Morgan fingerprint density at radius 3 is 2.71 bits per heavy atom. The van der Waals surface area contributed by atoms with Gasteiger partial charge in [-0.3, -0.25) is 4.21 Å². The number of nitriles is 1. The van der Waals surface area contributed by atoms with E-state index in [1.807, 2.05) is 6.07 Å². The van der Waals surface area contributed by atoms with Crippen LogP contribution in [-0.4, -0.2) is 30.7 Å². The molecule has 8 heteroatoms. The number of nitrogens with one attached hydrogen (secondary N) is 1. The largest absolute Gasteiger partial charge is 0.260 e. The van der Waals surface area contributed by atoms with Crippen LogP contribution < -0.4 is 4.72 Å². The molecule has 1 N–H and O–H groups in total. The Kier molecular flexibility index (Phi) is 4.82. The molecule has 0 aliphatic heterocycles. The number of hydrogen-bond donors (Lipinski definition) is 1. The molecule has 0 spiro atoms. The molecule has 0 aliphatic rings. The molecule has 0 radical (unpaired) electrons. The molecule has 0 aliphatic carbocycles. The molecule has 2 atom stereocenters. The first kappa shape index (κ1) is 14.3. The Bertz CT molecular complexity index is 556. The minimum absolute atomic E-state index is 0.0998. The predicted molar refractivity (Wildman–Crippen MR) is 67.8 cm³/mol. The van der Waals surface area contributed by atoms with Gasteiger partial charge in [-0.05, 0) is 19.1 Å². The Labute approximate surface area is 107 Å². The van der Waals surface area contributed by atoms with Crippen molar-refractivity contribution in [1.29, 1.82) is 5.26 Å². The van der Waals surface area contributed by atoms with Gasteiger partial charge in [-0.1, -0.05) is 0 Å². The average Bonchev–Trinajstić information content (AvgIpc) is 2.63. The fourth-order valence-corrected chi connectivity index (χ4v) is 4.49. The van der Waals surface area contributed by atoms with Crippen LogP contribution in [-0.2, 0) is 20.8 Å². The van der Waals surface area contributed by atoms with E-state index >= 15 is 0 Å². The Morgan fingerprint density at radius 1 is 1.59 bits per heavy atom. The van der Waals surface area contributed by atoms with E-state index in [0.717, 1.165) is 11.3 Å². The Balaban J connectivity index is 2.82. The standard InChI is InChI=1S/C9H12N2O3S3/c1-7(6-16(2)12)11-17(13,14)9-4-3-8(5-10)15-9/h3-4,7,11H,6H2,1-2H3. The highest BCUT2D eigenvalue weighted by Gasteiger charge is 2.20. The number of hydrogen-bond acceptors (Lipinski definition) is 5. The zero-order chi connectivity index (χ0) is 13.1. The van der Waals surface area contributed by atoms with Gasteiger partial charge < -0.3 is 0 Å². The minimum Gasteiger partial charge on any atom is -0.260 e. The molecule has 0 bridgehead atoms. The lowest BCUT2D eigenvalue weighted by Gasteiger charge is -2.11. The minimum atomic E-state index is -3.61. The molecule has 0 saturated heterocycles. The molecule has 1 rings (SSSR count). The van der Waals surface area contributed by atoms with Gasteiger partial charge >= 0.3 is 0 Å². The highest BCUT2D eigenvalue weighted by molar-refractivity contribution is 7.91. The predicted octanol–water partition coefficient (Wildman–Crippen LogP) is 0.665. The second-order valence-electron chi connectivity index (χ2n) is 3.49. The quantitative estimate of drug-likeness (QED) is 0.864.